The predicted molar refractivity (Wildman–Crippen MR) is 93.3 cm³/mol. The van der Waals surface area contributed by atoms with Crippen LogP contribution in [0.1, 0.15) is 43.1 Å². The van der Waals surface area contributed by atoms with Gasteiger partial charge in [0.15, 0.2) is 0 Å². The number of ether oxygens (including phenoxy) is 3. The van der Waals surface area contributed by atoms with Crippen LogP contribution in [0.3, 0.4) is 0 Å². The molecule has 0 bridgehead atoms. The Morgan fingerprint density at radius 2 is 1.67 bits per heavy atom. The lowest BCUT2D eigenvalue weighted by atomic mass is 9.58. The molecule has 1 aromatic carbocycles. The third-order valence-corrected chi connectivity index (χ3v) is 4.66. The zero-order valence-corrected chi connectivity index (χ0v) is 15.5. The number of esters is 3. The summed E-state index contributed by atoms with van der Waals surface area (Å²) in [5.74, 6) is -2.64. The second kappa shape index (κ2) is 8.20. The van der Waals surface area contributed by atoms with Crippen LogP contribution < -0.4 is 5.73 Å². The molecule has 1 aliphatic carbocycles. The van der Waals surface area contributed by atoms with E-state index >= 15 is 0 Å². The average Bonchev–Trinajstić information content (AvgIpc) is 2.56. The van der Waals surface area contributed by atoms with E-state index in [2.05, 4.69) is 0 Å². The molecule has 2 N–H and O–H groups in total. The number of hydrogen-bond donors (Lipinski definition) is 1. The highest BCUT2D eigenvalue weighted by Crippen LogP contribution is 2.54. The number of benzene rings is 1. The van der Waals surface area contributed by atoms with Gasteiger partial charge in [-0.3, -0.25) is 19.2 Å². The molecule has 146 valence electrons. The Kier molecular flexibility index (Phi) is 6.20. The van der Waals surface area contributed by atoms with Gasteiger partial charge in [-0.2, -0.15) is 0 Å². The highest BCUT2D eigenvalue weighted by atomic mass is 16.6. The number of primary amides is 1. The van der Waals surface area contributed by atoms with Gasteiger partial charge < -0.3 is 19.9 Å². The van der Waals surface area contributed by atoms with Crippen LogP contribution in [0.15, 0.2) is 24.3 Å². The summed E-state index contributed by atoms with van der Waals surface area (Å²) in [5.41, 5.74) is 5.10. The lowest BCUT2D eigenvalue weighted by Gasteiger charge is -2.53. The summed E-state index contributed by atoms with van der Waals surface area (Å²) >= 11 is 0. The minimum Gasteiger partial charge on any atom is -0.466 e. The molecule has 1 fully saturated rings. The van der Waals surface area contributed by atoms with Crippen molar-refractivity contribution >= 4 is 23.8 Å². The molecule has 0 unspecified atom stereocenters. The third kappa shape index (κ3) is 4.64. The van der Waals surface area contributed by atoms with Crippen LogP contribution in [0.2, 0.25) is 0 Å². The van der Waals surface area contributed by atoms with E-state index in [1.807, 2.05) is 0 Å². The Balaban J connectivity index is 2.40. The van der Waals surface area contributed by atoms with Crippen molar-refractivity contribution < 1.29 is 33.4 Å². The van der Waals surface area contributed by atoms with Crippen molar-refractivity contribution in [3.8, 4) is 0 Å². The molecule has 0 saturated heterocycles. The molecule has 1 saturated carbocycles. The fraction of sp³-hybridized carbons (Fsp3) is 0.474. The van der Waals surface area contributed by atoms with E-state index in [0.29, 0.717) is 12.0 Å². The van der Waals surface area contributed by atoms with E-state index in [1.165, 1.54) is 20.8 Å². The number of carbonyl (C=O) groups excluding carboxylic acids is 4. The molecule has 8 nitrogen and oxygen atoms in total. The fourth-order valence-corrected chi connectivity index (χ4v) is 3.48. The lowest BCUT2D eigenvalue weighted by Crippen LogP contribution is -2.57. The summed E-state index contributed by atoms with van der Waals surface area (Å²) in [5, 5.41) is 0. The van der Waals surface area contributed by atoms with E-state index in [0.717, 1.165) is 0 Å². The zero-order valence-electron chi connectivity index (χ0n) is 15.5. The fourth-order valence-electron chi connectivity index (χ4n) is 3.48. The maximum atomic E-state index is 11.8. The molecule has 1 aromatic rings. The van der Waals surface area contributed by atoms with Crippen molar-refractivity contribution in [3.63, 3.8) is 0 Å². The molecular formula is C19H23NO7. The lowest BCUT2D eigenvalue weighted by molar-refractivity contribution is -0.216. The van der Waals surface area contributed by atoms with Gasteiger partial charge in [-0.25, -0.2) is 0 Å². The molecule has 0 heterocycles. The van der Waals surface area contributed by atoms with Gasteiger partial charge in [-0.1, -0.05) is 12.1 Å². The molecule has 8 heteroatoms. The number of amides is 1. The van der Waals surface area contributed by atoms with Crippen LogP contribution in [0.25, 0.3) is 0 Å². The smallest absolute Gasteiger partial charge is 0.303 e. The van der Waals surface area contributed by atoms with Gasteiger partial charge in [0.1, 0.15) is 5.60 Å². The normalized spacial score (nSPS) is 23.7. The molecular weight excluding hydrogens is 354 g/mol. The quantitative estimate of drug-likeness (QED) is 0.561. The number of hydrogen-bond acceptors (Lipinski definition) is 7. The second-order valence-electron chi connectivity index (χ2n) is 6.60. The SMILES string of the molecule is CC(=O)OC[C@H]1C[C@@](OC(C)=O)(c2cccc(C(N)=O)c2)[C@@H]1COC(C)=O. The molecule has 3 atom stereocenters. The summed E-state index contributed by atoms with van der Waals surface area (Å²) in [7, 11) is 0. The first kappa shape index (κ1) is 20.4. The van der Waals surface area contributed by atoms with Gasteiger partial charge >= 0.3 is 17.9 Å². The number of nitrogens with two attached hydrogens (primary N) is 1. The van der Waals surface area contributed by atoms with Crippen molar-refractivity contribution in [2.45, 2.75) is 32.8 Å². The van der Waals surface area contributed by atoms with Crippen LogP contribution in [0.4, 0.5) is 0 Å². The molecule has 1 aliphatic rings. The van der Waals surface area contributed by atoms with Crippen LogP contribution in [-0.4, -0.2) is 37.0 Å². The van der Waals surface area contributed by atoms with Crippen molar-refractivity contribution in [2.24, 2.45) is 17.6 Å². The third-order valence-electron chi connectivity index (χ3n) is 4.66. The first-order valence-corrected chi connectivity index (χ1v) is 8.52. The monoisotopic (exact) mass is 377 g/mol. The highest BCUT2D eigenvalue weighted by Gasteiger charge is 2.58. The van der Waals surface area contributed by atoms with Crippen molar-refractivity contribution in [2.75, 3.05) is 13.2 Å². The summed E-state index contributed by atoms with van der Waals surface area (Å²) in [6.45, 7) is 3.95. The molecule has 0 radical (unpaired) electrons. The van der Waals surface area contributed by atoms with E-state index < -0.39 is 35.3 Å². The van der Waals surface area contributed by atoms with E-state index in [4.69, 9.17) is 19.9 Å². The van der Waals surface area contributed by atoms with Gasteiger partial charge in [0, 0.05) is 38.2 Å². The van der Waals surface area contributed by atoms with Crippen molar-refractivity contribution in [3.05, 3.63) is 35.4 Å². The van der Waals surface area contributed by atoms with Crippen LogP contribution >= 0.6 is 0 Å². The average molecular weight is 377 g/mol. The topological polar surface area (TPSA) is 122 Å². The molecule has 0 aliphatic heterocycles. The Morgan fingerprint density at radius 1 is 1.04 bits per heavy atom. The Bertz CT molecular complexity index is 760. The summed E-state index contributed by atoms with van der Waals surface area (Å²) in [4.78, 5) is 45.8. The van der Waals surface area contributed by atoms with Crippen molar-refractivity contribution in [1.29, 1.82) is 0 Å². The van der Waals surface area contributed by atoms with Gasteiger partial charge in [0.25, 0.3) is 0 Å². The molecule has 2 rings (SSSR count). The summed E-state index contributed by atoms with van der Waals surface area (Å²) in [6.07, 6.45) is 0.355. The van der Waals surface area contributed by atoms with Crippen LogP contribution in [0.5, 0.6) is 0 Å². The molecule has 0 aromatic heterocycles. The predicted octanol–water partition coefficient (Wildman–Crippen LogP) is 1.31. The molecule has 0 spiro atoms. The van der Waals surface area contributed by atoms with Gasteiger partial charge in [0.2, 0.25) is 5.91 Å². The summed E-state index contributed by atoms with van der Waals surface area (Å²) < 4.78 is 15.9. The molecule has 1 amide bonds. The van der Waals surface area contributed by atoms with E-state index in [1.54, 1.807) is 24.3 Å². The van der Waals surface area contributed by atoms with Crippen LogP contribution in [0, 0.1) is 11.8 Å². The number of carbonyl (C=O) groups is 4. The Morgan fingerprint density at radius 3 is 2.22 bits per heavy atom. The Labute approximate surface area is 156 Å². The molecule has 27 heavy (non-hydrogen) atoms. The van der Waals surface area contributed by atoms with E-state index in [-0.39, 0.29) is 24.7 Å². The highest BCUT2D eigenvalue weighted by molar-refractivity contribution is 5.93. The van der Waals surface area contributed by atoms with Crippen LogP contribution in [-0.2, 0) is 34.2 Å². The van der Waals surface area contributed by atoms with Gasteiger partial charge in [-0.05, 0) is 24.1 Å². The van der Waals surface area contributed by atoms with Crippen molar-refractivity contribution in [1.82, 2.24) is 0 Å². The Hall–Kier alpha value is -2.90. The summed E-state index contributed by atoms with van der Waals surface area (Å²) in [6, 6.07) is 6.48. The first-order valence-electron chi connectivity index (χ1n) is 8.52. The second-order valence-corrected chi connectivity index (χ2v) is 6.60. The zero-order chi connectivity index (χ0) is 20.2. The maximum Gasteiger partial charge on any atom is 0.303 e. The minimum atomic E-state index is -1.10. The first-order chi connectivity index (χ1) is 12.7. The van der Waals surface area contributed by atoms with Gasteiger partial charge in [0.05, 0.1) is 13.2 Å². The van der Waals surface area contributed by atoms with Gasteiger partial charge in [-0.15, -0.1) is 0 Å². The maximum absolute atomic E-state index is 11.8. The minimum absolute atomic E-state index is 0.0185. The van der Waals surface area contributed by atoms with E-state index in [9.17, 15) is 19.2 Å². The number of rotatable bonds is 7. The largest absolute Gasteiger partial charge is 0.466 e. The standard InChI is InChI=1S/C19H23NO7/c1-11(21)25-9-15-8-19(27-13(3)23,17(15)10-26-12(2)22)16-6-4-5-14(7-16)18(20)24/h4-7,15,17H,8-10H2,1-3H3,(H2,20,24)/t15-,17-,19-/m1/s1.